The van der Waals surface area contributed by atoms with Crippen LogP contribution < -0.4 is 0 Å². The Morgan fingerprint density at radius 1 is 1.52 bits per heavy atom. The van der Waals surface area contributed by atoms with Crippen LogP contribution in [-0.4, -0.2) is 35.6 Å². The number of rotatable bonds is 3. The van der Waals surface area contributed by atoms with Crippen molar-refractivity contribution in [2.45, 2.75) is 26.2 Å². The van der Waals surface area contributed by atoms with Gasteiger partial charge in [-0.05, 0) is 37.5 Å². The maximum Gasteiger partial charge on any atom is 0.254 e. The fraction of sp³-hybridized carbons (Fsp3) is 0.500. The van der Waals surface area contributed by atoms with Crippen LogP contribution in [0.2, 0.25) is 0 Å². The number of nitriles is 1. The van der Waals surface area contributed by atoms with E-state index in [-0.39, 0.29) is 29.1 Å². The van der Waals surface area contributed by atoms with Crippen molar-refractivity contribution in [2.24, 2.45) is 5.41 Å². The predicted octanol–water partition coefficient (Wildman–Crippen LogP) is 2.32. The molecule has 112 valence electrons. The second kappa shape index (κ2) is 6.23. The molecule has 0 radical (unpaired) electrons. The molecule has 1 atom stereocenters. The van der Waals surface area contributed by atoms with Crippen LogP contribution in [0.3, 0.4) is 0 Å². The number of nitrogens with zero attached hydrogens (tertiary/aromatic N) is 2. The highest BCUT2D eigenvalue weighted by Gasteiger charge is 2.35. The van der Waals surface area contributed by atoms with E-state index in [4.69, 9.17) is 5.26 Å². The Bertz CT molecular complexity index is 576. The summed E-state index contributed by atoms with van der Waals surface area (Å²) >= 11 is 0. The Morgan fingerprint density at radius 2 is 2.29 bits per heavy atom. The zero-order valence-electron chi connectivity index (χ0n) is 12.1. The summed E-state index contributed by atoms with van der Waals surface area (Å²) < 4.78 is 13.5. The number of carbonyl (C=O) groups is 1. The third kappa shape index (κ3) is 3.22. The number of piperidine rings is 1. The van der Waals surface area contributed by atoms with Gasteiger partial charge in [0, 0.05) is 24.1 Å². The third-order valence-corrected chi connectivity index (χ3v) is 4.31. The van der Waals surface area contributed by atoms with Crippen molar-refractivity contribution in [3.8, 4) is 6.07 Å². The highest BCUT2D eigenvalue weighted by molar-refractivity contribution is 5.94. The lowest BCUT2D eigenvalue weighted by Crippen LogP contribution is -2.47. The predicted molar refractivity (Wildman–Crippen MR) is 76.1 cm³/mol. The largest absolute Gasteiger partial charge is 0.396 e. The van der Waals surface area contributed by atoms with Gasteiger partial charge in [-0.25, -0.2) is 4.39 Å². The zero-order chi connectivity index (χ0) is 15.5. The number of hydrogen-bond donors (Lipinski definition) is 1. The van der Waals surface area contributed by atoms with E-state index in [0.717, 1.165) is 31.4 Å². The molecule has 5 heteroatoms. The summed E-state index contributed by atoms with van der Waals surface area (Å²) in [7, 11) is 0. The number of aliphatic hydroxyl groups is 1. The van der Waals surface area contributed by atoms with Crippen LogP contribution in [0.5, 0.6) is 0 Å². The molecule has 0 aliphatic carbocycles. The van der Waals surface area contributed by atoms with E-state index in [2.05, 4.69) is 0 Å². The van der Waals surface area contributed by atoms with Crippen LogP contribution in [0.4, 0.5) is 4.39 Å². The highest BCUT2D eigenvalue weighted by Crippen LogP contribution is 2.33. The first-order valence-corrected chi connectivity index (χ1v) is 7.14. The van der Waals surface area contributed by atoms with E-state index in [1.807, 2.05) is 13.0 Å². The normalized spacial score (nSPS) is 21.9. The first kappa shape index (κ1) is 15.5. The molecule has 21 heavy (non-hydrogen) atoms. The molecule has 4 nitrogen and oxygen atoms in total. The Kier molecular flexibility index (Phi) is 4.59. The molecule has 1 aliphatic heterocycles. The fourth-order valence-corrected chi connectivity index (χ4v) is 2.87. The number of benzene rings is 1. The molecule has 1 N–H and O–H groups in total. The molecule has 0 bridgehead atoms. The highest BCUT2D eigenvalue weighted by atomic mass is 19.1. The van der Waals surface area contributed by atoms with Crippen molar-refractivity contribution in [3.05, 3.63) is 35.1 Å². The van der Waals surface area contributed by atoms with Crippen molar-refractivity contribution in [1.29, 1.82) is 5.26 Å². The average molecular weight is 290 g/mol. The van der Waals surface area contributed by atoms with E-state index < -0.39 is 5.82 Å². The summed E-state index contributed by atoms with van der Waals surface area (Å²) in [6.45, 7) is 3.11. The van der Waals surface area contributed by atoms with Gasteiger partial charge in [0.1, 0.15) is 5.82 Å². The van der Waals surface area contributed by atoms with E-state index in [1.54, 1.807) is 4.90 Å². The minimum absolute atomic E-state index is 0.0415. The van der Waals surface area contributed by atoms with Crippen molar-refractivity contribution in [2.75, 3.05) is 19.7 Å². The van der Waals surface area contributed by atoms with Crippen molar-refractivity contribution in [1.82, 2.24) is 4.90 Å². The maximum atomic E-state index is 13.5. The first-order chi connectivity index (χ1) is 10.0. The van der Waals surface area contributed by atoms with Gasteiger partial charge in [0.2, 0.25) is 0 Å². The molecule has 1 saturated heterocycles. The molecule has 1 aromatic carbocycles. The Labute approximate surface area is 123 Å². The topological polar surface area (TPSA) is 64.3 Å². The Balaban J connectivity index is 2.24. The molecule has 1 aliphatic rings. The summed E-state index contributed by atoms with van der Waals surface area (Å²) in [5.74, 6) is -0.865. The molecule has 1 unspecified atom stereocenters. The molecular weight excluding hydrogens is 271 g/mol. The minimum atomic E-state index is -0.585. The van der Waals surface area contributed by atoms with Gasteiger partial charge in [-0.15, -0.1) is 0 Å². The van der Waals surface area contributed by atoms with Crippen LogP contribution in [0, 0.1) is 22.6 Å². The van der Waals surface area contributed by atoms with Crippen LogP contribution >= 0.6 is 0 Å². The standard InChI is InChI=1S/C16H19FN2O2/c1-2-16(11-20)4-3-5-19(10-16)15(21)13-6-12(9-18)7-14(17)8-13/h6-8,20H,2-5,10-11H2,1H3. The lowest BCUT2D eigenvalue weighted by molar-refractivity contribution is 0.0251. The number of halogens is 1. The molecular formula is C16H19FN2O2. The van der Waals surface area contributed by atoms with Gasteiger partial charge in [-0.3, -0.25) is 4.79 Å². The number of carbonyl (C=O) groups excluding carboxylic acids is 1. The van der Waals surface area contributed by atoms with Gasteiger partial charge < -0.3 is 10.0 Å². The smallest absolute Gasteiger partial charge is 0.254 e. The second-order valence-corrected chi connectivity index (χ2v) is 5.68. The number of amides is 1. The van der Waals surface area contributed by atoms with Crippen molar-refractivity contribution >= 4 is 5.91 Å². The molecule has 0 saturated carbocycles. The van der Waals surface area contributed by atoms with Gasteiger partial charge in [0.15, 0.2) is 0 Å². The molecule has 1 aromatic rings. The number of aliphatic hydroxyl groups excluding tert-OH is 1. The molecule has 2 rings (SSSR count). The van der Waals surface area contributed by atoms with Crippen LogP contribution in [0.1, 0.15) is 42.1 Å². The number of likely N-dealkylation sites (tertiary alicyclic amines) is 1. The lowest BCUT2D eigenvalue weighted by atomic mass is 9.78. The quantitative estimate of drug-likeness (QED) is 0.929. The SMILES string of the molecule is CCC1(CO)CCCN(C(=O)c2cc(F)cc(C#N)c2)C1. The van der Waals surface area contributed by atoms with E-state index in [9.17, 15) is 14.3 Å². The minimum Gasteiger partial charge on any atom is -0.396 e. The molecule has 0 spiro atoms. The zero-order valence-corrected chi connectivity index (χ0v) is 12.1. The van der Waals surface area contributed by atoms with Crippen LogP contribution in [0.15, 0.2) is 18.2 Å². The van der Waals surface area contributed by atoms with Gasteiger partial charge in [0.25, 0.3) is 5.91 Å². The van der Waals surface area contributed by atoms with E-state index in [0.29, 0.717) is 13.1 Å². The third-order valence-electron chi connectivity index (χ3n) is 4.31. The average Bonchev–Trinajstić information content (AvgIpc) is 2.53. The van der Waals surface area contributed by atoms with Crippen molar-refractivity contribution in [3.63, 3.8) is 0 Å². The molecule has 1 heterocycles. The second-order valence-electron chi connectivity index (χ2n) is 5.68. The summed E-state index contributed by atoms with van der Waals surface area (Å²) in [5.41, 5.74) is 0.0647. The van der Waals surface area contributed by atoms with Crippen molar-refractivity contribution < 1.29 is 14.3 Å². The van der Waals surface area contributed by atoms with Gasteiger partial charge in [0.05, 0.1) is 18.2 Å². The Hall–Kier alpha value is -1.93. The van der Waals surface area contributed by atoms with Crippen LogP contribution in [0.25, 0.3) is 0 Å². The number of hydrogen-bond acceptors (Lipinski definition) is 3. The van der Waals surface area contributed by atoms with Crippen LogP contribution in [-0.2, 0) is 0 Å². The monoisotopic (exact) mass is 290 g/mol. The molecule has 1 fully saturated rings. The molecule has 1 amide bonds. The first-order valence-electron chi connectivity index (χ1n) is 7.14. The summed E-state index contributed by atoms with van der Waals surface area (Å²) in [4.78, 5) is 14.2. The summed E-state index contributed by atoms with van der Waals surface area (Å²) in [5, 5.41) is 18.5. The summed E-state index contributed by atoms with van der Waals surface area (Å²) in [6, 6.07) is 5.53. The van der Waals surface area contributed by atoms with E-state index >= 15 is 0 Å². The van der Waals surface area contributed by atoms with Gasteiger partial charge in [-0.1, -0.05) is 6.92 Å². The van der Waals surface area contributed by atoms with Gasteiger partial charge >= 0.3 is 0 Å². The Morgan fingerprint density at radius 3 is 2.90 bits per heavy atom. The van der Waals surface area contributed by atoms with Gasteiger partial charge in [-0.2, -0.15) is 5.26 Å². The van der Waals surface area contributed by atoms with E-state index in [1.165, 1.54) is 6.07 Å². The summed E-state index contributed by atoms with van der Waals surface area (Å²) in [6.07, 6.45) is 2.50. The molecule has 0 aromatic heterocycles. The lowest BCUT2D eigenvalue weighted by Gasteiger charge is -2.41. The fourth-order valence-electron chi connectivity index (χ4n) is 2.87. The maximum absolute atomic E-state index is 13.5.